The van der Waals surface area contributed by atoms with Crippen LogP contribution in [-0.2, 0) is 0 Å². The number of phenolic OH excluding ortho intramolecular Hbond substituents is 2. The van der Waals surface area contributed by atoms with Crippen LogP contribution in [-0.4, -0.2) is 16.8 Å². The normalized spacial score (nSPS) is 11.3. The van der Waals surface area contributed by atoms with E-state index in [-0.39, 0.29) is 11.5 Å². The van der Waals surface area contributed by atoms with E-state index in [2.05, 4.69) is 0 Å². The maximum atomic E-state index is 9.75. The summed E-state index contributed by atoms with van der Waals surface area (Å²) in [5.74, 6) is 0.364. The van der Waals surface area contributed by atoms with Crippen LogP contribution in [0.2, 0.25) is 0 Å². The van der Waals surface area contributed by atoms with Gasteiger partial charge in [-0.05, 0) is 29.0 Å². The summed E-state index contributed by atoms with van der Waals surface area (Å²) >= 11 is 0. The van der Waals surface area contributed by atoms with E-state index in [1.165, 1.54) is 0 Å². The first-order valence-corrected chi connectivity index (χ1v) is 5.03. The molecule has 2 aromatic carbocycles. The number of nitrogens with two attached hydrogens (primary N) is 1. The Kier molecular flexibility index (Phi) is 2.79. The Morgan fingerprint density at radius 1 is 1.12 bits per heavy atom. The van der Waals surface area contributed by atoms with Gasteiger partial charge in [-0.15, -0.1) is 0 Å². The predicted octanol–water partition coefficient (Wildman–Crippen LogP) is 2.22. The molecule has 0 fully saturated rings. The lowest BCUT2D eigenvalue weighted by atomic mass is 10.0. The average Bonchev–Trinajstić information content (AvgIpc) is 2.28. The van der Waals surface area contributed by atoms with E-state index in [9.17, 15) is 10.2 Å². The molecule has 0 saturated heterocycles. The Morgan fingerprint density at radius 3 is 2.62 bits per heavy atom. The molecule has 4 N–H and O–H groups in total. The third-order valence-corrected chi connectivity index (χ3v) is 2.44. The molecule has 3 nitrogen and oxygen atoms in total. The molecular formula is C13H13NO2. The molecule has 82 valence electrons. The van der Waals surface area contributed by atoms with Gasteiger partial charge in [-0.1, -0.05) is 24.3 Å². The molecule has 0 aliphatic rings. The summed E-state index contributed by atoms with van der Waals surface area (Å²) in [6.07, 6.45) is 3.52. The monoisotopic (exact) mass is 215 g/mol. The first-order chi connectivity index (χ1) is 7.72. The topological polar surface area (TPSA) is 66.5 Å². The van der Waals surface area contributed by atoms with Gasteiger partial charge in [0.15, 0.2) is 0 Å². The highest BCUT2D eigenvalue weighted by Crippen LogP contribution is 2.30. The zero-order chi connectivity index (χ0) is 11.5. The van der Waals surface area contributed by atoms with E-state index in [1.807, 2.05) is 12.1 Å². The van der Waals surface area contributed by atoms with Crippen LogP contribution in [0.1, 0.15) is 5.56 Å². The van der Waals surface area contributed by atoms with Crippen molar-refractivity contribution in [3.05, 3.63) is 42.0 Å². The molecule has 0 saturated carbocycles. The van der Waals surface area contributed by atoms with Gasteiger partial charge in [0.25, 0.3) is 0 Å². The fourth-order valence-electron chi connectivity index (χ4n) is 1.68. The van der Waals surface area contributed by atoms with E-state index in [1.54, 1.807) is 30.4 Å². The number of aromatic hydroxyl groups is 2. The number of benzene rings is 2. The Hall–Kier alpha value is -2.00. The summed E-state index contributed by atoms with van der Waals surface area (Å²) in [6.45, 7) is 0.411. The second-order valence-corrected chi connectivity index (χ2v) is 3.54. The van der Waals surface area contributed by atoms with Gasteiger partial charge in [-0.25, -0.2) is 0 Å². The molecule has 3 heteroatoms. The number of hydrogen-bond acceptors (Lipinski definition) is 3. The molecule has 0 aliphatic heterocycles. The summed E-state index contributed by atoms with van der Waals surface area (Å²) in [6, 6.07) is 8.50. The summed E-state index contributed by atoms with van der Waals surface area (Å²) in [5, 5.41) is 21.0. The third-order valence-electron chi connectivity index (χ3n) is 2.44. The predicted molar refractivity (Wildman–Crippen MR) is 65.4 cm³/mol. The minimum absolute atomic E-state index is 0.181. The van der Waals surface area contributed by atoms with Gasteiger partial charge in [-0.3, -0.25) is 0 Å². The largest absolute Gasteiger partial charge is 0.508 e. The molecule has 0 aromatic heterocycles. The molecule has 0 unspecified atom stereocenters. The molecule has 16 heavy (non-hydrogen) atoms. The summed E-state index contributed by atoms with van der Waals surface area (Å²) in [7, 11) is 0. The van der Waals surface area contributed by atoms with Crippen LogP contribution < -0.4 is 5.73 Å². The van der Waals surface area contributed by atoms with E-state index >= 15 is 0 Å². The van der Waals surface area contributed by atoms with Crippen molar-refractivity contribution in [1.29, 1.82) is 0 Å². The Balaban J connectivity index is 2.72. The van der Waals surface area contributed by atoms with Crippen molar-refractivity contribution in [2.45, 2.75) is 0 Å². The lowest BCUT2D eigenvalue weighted by Crippen LogP contribution is -1.92. The van der Waals surface area contributed by atoms with Crippen LogP contribution >= 0.6 is 0 Å². The number of phenols is 2. The molecular weight excluding hydrogens is 202 g/mol. The van der Waals surface area contributed by atoms with Crippen molar-refractivity contribution in [2.24, 2.45) is 5.73 Å². The quantitative estimate of drug-likeness (QED) is 0.719. The minimum Gasteiger partial charge on any atom is -0.508 e. The second kappa shape index (κ2) is 4.24. The van der Waals surface area contributed by atoms with Crippen LogP contribution in [0.5, 0.6) is 11.5 Å². The van der Waals surface area contributed by atoms with E-state index < -0.39 is 0 Å². The average molecular weight is 215 g/mol. The van der Waals surface area contributed by atoms with Crippen LogP contribution in [0.3, 0.4) is 0 Å². The molecule has 2 rings (SSSR count). The SMILES string of the molecule is NC/C=C/c1c(O)ccc2ccc(O)cc12. The fraction of sp³-hybridized carbons (Fsp3) is 0.0769. The van der Waals surface area contributed by atoms with Crippen molar-refractivity contribution in [3.8, 4) is 11.5 Å². The molecule has 0 spiro atoms. The Bertz CT molecular complexity index is 542. The van der Waals surface area contributed by atoms with E-state index in [4.69, 9.17) is 5.73 Å². The van der Waals surface area contributed by atoms with Gasteiger partial charge in [0.05, 0.1) is 0 Å². The van der Waals surface area contributed by atoms with E-state index in [0.29, 0.717) is 12.1 Å². The second-order valence-electron chi connectivity index (χ2n) is 3.54. The molecule has 0 bridgehead atoms. The van der Waals surface area contributed by atoms with Crippen molar-refractivity contribution in [2.75, 3.05) is 6.54 Å². The highest BCUT2D eigenvalue weighted by molar-refractivity contribution is 5.93. The van der Waals surface area contributed by atoms with Gasteiger partial charge < -0.3 is 15.9 Å². The number of fused-ring (bicyclic) bond motifs is 1. The molecule has 0 atom stereocenters. The molecule has 0 radical (unpaired) electrons. The summed E-state index contributed by atoms with van der Waals surface area (Å²) < 4.78 is 0. The lowest BCUT2D eigenvalue weighted by Gasteiger charge is -2.05. The highest BCUT2D eigenvalue weighted by Gasteiger charge is 2.04. The Morgan fingerprint density at radius 2 is 1.88 bits per heavy atom. The third kappa shape index (κ3) is 1.85. The van der Waals surface area contributed by atoms with Crippen LogP contribution in [0.25, 0.3) is 16.8 Å². The number of hydrogen-bond donors (Lipinski definition) is 3. The van der Waals surface area contributed by atoms with Gasteiger partial charge in [0.2, 0.25) is 0 Å². The maximum Gasteiger partial charge on any atom is 0.123 e. The smallest absolute Gasteiger partial charge is 0.123 e. The highest BCUT2D eigenvalue weighted by atomic mass is 16.3. The van der Waals surface area contributed by atoms with Crippen molar-refractivity contribution >= 4 is 16.8 Å². The standard InChI is InChI=1S/C13H13NO2/c14-7-1-2-11-12-8-10(15)5-3-9(12)4-6-13(11)16/h1-6,8,15-16H,7,14H2/b2-1+. The lowest BCUT2D eigenvalue weighted by molar-refractivity contribution is 0.474. The summed E-state index contributed by atoms with van der Waals surface area (Å²) in [5.41, 5.74) is 6.06. The maximum absolute atomic E-state index is 9.75. The zero-order valence-electron chi connectivity index (χ0n) is 8.72. The van der Waals surface area contributed by atoms with Crippen molar-refractivity contribution in [3.63, 3.8) is 0 Å². The van der Waals surface area contributed by atoms with Crippen molar-refractivity contribution < 1.29 is 10.2 Å². The molecule has 0 heterocycles. The minimum atomic E-state index is 0.181. The molecule has 2 aromatic rings. The first kappa shape index (κ1) is 10.5. The van der Waals surface area contributed by atoms with Crippen LogP contribution in [0, 0.1) is 0 Å². The summed E-state index contributed by atoms with van der Waals surface area (Å²) in [4.78, 5) is 0. The van der Waals surface area contributed by atoms with Gasteiger partial charge >= 0.3 is 0 Å². The van der Waals surface area contributed by atoms with Gasteiger partial charge in [0.1, 0.15) is 11.5 Å². The first-order valence-electron chi connectivity index (χ1n) is 5.03. The van der Waals surface area contributed by atoms with Crippen LogP contribution in [0.15, 0.2) is 36.4 Å². The van der Waals surface area contributed by atoms with Crippen molar-refractivity contribution in [1.82, 2.24) is 0 Å². The van der Waals surface area contributed by atoms with Gasteiger partial charge in [0, 0.05) is 12.1 Å². The fourth-order valence-corrected chi connectivity index (χ4v) is 1.68. The number of rotatable bonds is 2. The molecule has 0 aliphatic carbocycles. The zero-order valence-corrected chi connectivity index (χ0v) is 8.72. The van der Waals surface area contributed by atoms with Crippen LogP contribution in [0.4, 0.5) is 0 Å². The Labute approximate surface area is 93.4 Å². The van der Waals surface area contributed by atoms with Gasteiger partial charge in [-0.2, -0.15) is 0 Å². The molecule has 0 amide bonds. The van der Waals surface area contributed by atoms with E-state index in [0.717, 1.165) is 10.8 Å².